The van der Waals surface area contributed by atoms with E-state index in [9.17, 15) is 4.79 Å². The first-order valence-electron chi connectivity index (χ1n) is 7.61. The van der Waals surface area contributed by atoms with Crippen LogP contribution in [0.4, 0.5) is 5.69 Å². The summed E-state index contributed by atoms with van der Waals surface area (Å²) in [6, 6.07) is 10.9. The zero-order valence-corrected chi connectivity index (χ0v) is 15.4. The topological polar surface area (TPSA) is 71.6 Å². The summed E-state index contributed by atoms with van der Waals surface area (Å²) >= 11 is 5.21. The van der Waals surface area contributed by atoms with E-state index in [0.717, 1.165) is 16.8 Å². The molecule has 3 N–H and O–H groups in total. The van der Waals surface area contributed by atoms with Gasteiger partial charge in [-0.1, -0.05) is 12.1 Å². The average Bonchev–Trinajstić information content (AvgIpc) is 2.62. The highest BCUT2D eigenvalue weighted by Crippen LogP contribution is 2.27. The number of carbonyl (C=O) groups excluding carboxylic acids is 1. The van der Waals surface area contributed by atoms with Crippen LogP contribution in [-0.2, 0) is 0 Å². The SMILES string of the molecule is COc1ccc(C(=O)NNC(=S)Nc2cc(C)ccc2C)cc1OC. The first-order valence-corrected chi connectivity index (χ1v) is 8.02. The first kappa shape index (κ1) is 18.5. The van der Waals surface area contributed by atoms with E-state index in [1.807, 2.05) is 32.0 Å². The number of hydrogen-bond donors (Lipinski definition) is 3. The van der Waals surface area contributed by atoms with Crippen molar-refractivity contribution in [3.05, 3.63) is 53.1 Å². The van der Waals surface area contributed by atoms with Crippen LogP contribution in [0.1, 0.15) is 21.5 Å². The van der Waals surface area contributed by atoms with Gasteiger partial charge >= 0.3 is 0 Å². The van der Waals surface area contributed by atoms with Gasteiger partial charge in [0.1, 0.15) is 0 Å². The predicted molar refractivity (Wildman–Crippen MR) is 102 cm³/mol. The number of hydrogen-bond acceptors (Lipinski definition) is 4. The molecule has 0 atom stereocenters. The second kappa shape index (κ2) is 8.34. The van der Waals surface area contributed by atoms with Gasteiger partial charge in [-0.05, 0) is 61.5 Å². The highest BCUT2D eigenvalue weighted by atomic mass is 32.1. The highest BCUT2D eigenvalue weighted by Gasteiger charge is 2.11. The van der Waals surface area contributed by atoms with E-state index in [2.05, 4.69) is 16.2 Å². The summed E-state index contributed by atoms with van der Waals surface area (Å²) in [6.45, 7) is 3.98. The Morgan fingerprint density at radius 3 is 2.36 bits per heavy atom. The van der Waals surface area contributed by atoms with Gasteiger partial charge < -0.3 is 14.8 Å². The molecule has 6 nitrogen and oxygen atoms in total. The van der Waals surface area contributed by atoms with Gasteiger partial charge in [-0.15, -0.1) is 0 Å². The van der Waals surface area contributed by atoms with Gasteiger partial charge in [0, 0.05) is 11.3 Å². The summed E-state index contributed by atoms with van der Waals surface area (Å²) in [4.78, 5) is 12.2. The Morgan fingerprint density at radius 2 is 1.68 bits per heavy atom. The predicted octanol–water partition coefficient (Wildman–Crippen LogP) is 2.95. The van der Waals surface area contributed by atoms with Gasteiger partial charge in [0.2, 0.25) is 0 Å². The number of thiocarbonyl (C=S) groups is 1. The van der Waals surface area contributed by atoms with Crippen molar-refractivity contribution in [1.29, 1.82) is 0 Å². The van der Waals surface area contributed by atoms with E-state index >= 15 is 0 Å². The minimum atomic E-state index is -0.342. The second-order valence-electron chi connectivity index (χ2n) is 5.42. The van der Waals surface area contributed by atoms with Crippen molar-refractivity contribution in [3.63, 3.8) is 0 Å². The Bertz CT molecular complexity index is 793. The quantitative estimate of drug-likeness (QED) is 0.576. The maximum atomic E-state index is 12.2. The molecule has 7 heteroatoms. The van der Waals surface area contributed by atoms with E-state index in [0.29, 0.717) is 22.2 Å². The minimum Gasteiger partial charge on any atom is -0.493 e. The first-order chi connectivity index (χ1) is 11.9. The third-order valence-corrected chi connectivity index (χ3v) is 3.78. The van der Waals surface area contributed by atoms with Gasteiger partial charge in [-0.2, -0.15) is 0 Å². The highest BCUT2D eigenvalue weighted by molar-refractivity contribution is 7.80. The zero-order chi connectivity index (χ0) is 18.4. The number of carbonyl (C=O) groups is 1. The monoisotopic (exact) mass is 359 g/mol. The Kier molecular flexibility index (Phi) is 6.19. The van der Waals surface area contributed by atoms with Crippen LogP contribution >= 0.6 is 12.2 Å². The normalized spacial score (nSPS) is 9.92. The third kappa shape index (κ3) is 4.84. The molecular weight excluding hydrogens is 338 g/mol. The largest absolute Gasteiger partial charge is 0.493 e. The molecule has 0 aliphatic heterocycles. The molecule has 1 amide bonds. The maximum Gasteiger partial charge on any atom is 0.269 e. The molecule has 0 unspecified atom stereocenters. The molecule has 0 radical (unpaired) electrons. The Labute approximate surface area is 152 Å². The molecule has 132 valence electrons. The molecule has 0 aliphatic carbocycles. The lowest BCUT2D eigenvalue weighted by atomic mass is 10.1. The standard InChI is InChI=1S/C18H21N3O3S/c1-11-5-6-12(2)14(9-11)19-18(25)21-20-17(22)13-7-8-15(23-3)16(10-13)24-4/h5-10H,1-4H3,(H,20,22)(H2,19,21,25). The molecule has 0 aliphatic rings. The molecule has 0 spiro atoms. The van der Waals surface area contributed by atoms with Gasteiger partial charge in [0.15, 0.2) is 16.6 Å². The van der Waals surface area contributed by atoms with Crippen LogP contribution in [0.15, 0.2) is 36.4 Å². The number of hydrazine groups is 1. The molecule has 0 fully saturated rings. The molecule has 2 rings (SSSR count). The minimum absolute atomic E-state index is 0.294. The van der Waals surface area contributed by atoms with Crippen LogP contribution in [-0.4, -0.2) is 25.2 Å². The van der Waals surface area contributed by atoms with Crippen LogP contribution in [0.2, 0.25) is 0 Å². The van der Waals surface area contributed by atoms with Crippen molar-refractivity contribution in [2.75, 3.05) is 19.5 Å². The van der Waals surface area contributed by atoms with E-state index in [1.165, 1.54) is 14.2 Å². The number of ether oxygens (including phenoxy) is 2. The summed E-state index contributed by atoms with van der Waals surface area (Å²) in [5, 5.41) is 3.35. The summed E-state index contributed by atoms with van der Waals surface area (Å²) < 4.78 is 10.3. The second-order valence-corrected chi connectivity index (χ2v) is 5.83. The number of nitrogens with one attached hydrogen (secondary N) is 3. The van der Waals surface area contributed by atoms with Gasteiger partial charge in [0.25, 0.3) is 5.91 Å². The summed E-state index contributed by atoms with van der Waals surface area (Å²) in [6.07, 6.45) is 0. The lowest BCUT2D eigenvalue weighted by molar-refractivity contribution is 0.0944. The van der Waals surface area contributed by atoms with E-state index in [-0.39, 0.29) is 5.91 Å². The van der Waals surface area contributed by atoms with Crippen molar-refractivity contribution in [2.24, 2.45) is 0 Å². The van der Waals surface area contributed by atoms with Crippen LogP contribution in [0.5, 0.6) is 11.5 Å². The Balaban J connectivity index is 1.97. The van der Waals surface area contributed by atoms with E-state index in [1.54, 1.807) is 18.2 Å². The van der Waals surface area contributed by atoms with E-state index in [4.69, 9.17) is 21.7 Å². The van der Waals surface area contributed by atoms with Crippen LogP contribution < -0.4 is 25.6 Å². The molecule has 0 saturated carbocycles. The van der Waals surface area contributed by atoms with Crippen molar-refractivity contribution in [1.82, 2.24) is 10.9 Å². The van der Waals surface area contributed by atoms with Crippen molar-refractivity contribution in [2.45, 2.75) is 13.8 Å². The lowest BCUT2D eigenvalue weighted by Crippen LogP contribution is -2.43. The zero-order valence-electron chi connectivity index (χ0n) is 14.6. The molecule has 2 aromatic rings. The van der Waals surface area contributed by atoms with Gasteiger partial charge in [-0.3, -0.25) is 15.6 Å². The molecule has 2 aromatic carbocycles. The Morgan fingerprint density at radius 1 is 0.960 bits per heavy atom. The molecular formula is C18H21N3O3S. The number of rotatable bonds is 4. The fourth-order valence-corrected chi connectivity index (χ4v) is 2.35. The smallest absolute Gasteiger partial charge is 0.269 e. The summed E-state index contributed by atoms with van der Waals surface area (Å²) in [5.74, 6) is 0.691. The van der Waals surface area contributed by atoms with Crippen molar-refractivity contribution >= 4 is 28.9 Å². The number of amides is 1. The van der Waals surface area contributed by atoms with Crippen molar-refractivity contribution < 1.29 is 14.3 Å². The molecule has 0 heterocycles. The number of benzene rings is 2. The molecule has 0 saturated heterocycles. The van der Waals surface area contributed by atoms with Crippen LogP contribution in [0.25, 0.3) is 0 Å². The number of aryl methyl sites for hydroxylation is 2. The Hall–Kier alpha value is -2.80. The van der Waals surface area contributed by atoms with Gasteiger partial charge in [0.05, 0.1) is 14.2 Å². The third-order valence-electron chi connectivity index (χ3n) is 3.58. The number of methoxy groups -OCH3 is 2. The van der Waals surface area contributed by atoms with Crippen LogP contribution in [0, 0.1) is 13.8 Å². The lowest BCUT2D eigenvalue weighted by Gasteiger charge is -2.14. The summed E-state index contributed by atoms with van der Waals surface area (Å²) in [5.41, 5.74) is 8.72. The maximum absolute atomic E-state index is 12.2. The van der Waals surface area contributed by atoms with E-state index < -0.39 is 0 Å². The molecule has 0 aromatic heterocycles. The van der Waals surface area contributed by atoms with Gasteiger partial charge in [-0.25, -0.2) is 0 Å². The molecule has 25 heavy (non-hydrogen) atoms. The fraction of sp³-hybridized carbons (Fsp3) is 0.222. The summed E-state index contributed by atoms with van der Waals surface area (Å²) in [7, 11) is 3.05. The van der Waals surface area contributed by atoms with Crippen LogP contribution in [0.3, 0.4) is 0 Å². The fourth-order valence-electron chi connectivity index (χ4n) is 2.19. The van der Waals surface area contributed by atoms with Crippen molar-refractivity contribution in [3.8, 4) is 11.5 Å². The average molecular weight is 359 g/mol. The molecule has 0 bridgehead atoms. The number of anilines is 1.